The normalized spacial score (nSPS) is 11.9. The molecule has 0 bridgehead atoms. The molecule has 1 heterocycles. The molecule has 3 rings (SSSR count). The molecule has 2 aromatic carbocycles. The van der Waals surface area contributed by atoms with Crippen LogP contribution in [0.1, 0.15) is 23.7 Å². The standard InChI is InChI=1S/C22H24N2O3S/c1-14-5-6-15(2)20(11-14)24-21(25)16(3)28-13-18-12-27-22(23-18)17-7-9-19(26-4)10-8-17/h5-12,16H,13H2,1-4H3,(H,24,25)/t16-/m0/s1. The van der Waals surface area contributed by atoms with Gasteiger partial charge in [0.05, 0.1) is 18.1 Å². The molecule has 1 aromatic heterocycles. The van der Waals surface area contributed by atoms with Gasteiger partial charge in [-0.15, -0.1) is 11.8 Å². The highest BCUT2D eigenvalue weighted by Gasteiger charge is 2.16. The topological polar surface area (TPSA) is 64.4 Å². The van der Waals surface area contributed by atoms with Crippen molar-refractivity contribution < 1.29 is 13.9 Å². The lowest BCUT2D eigenvalue weighted by atomic mass is 10.1. The Hall–Kier alpha value is -2.73. The van der Waals surface area contributed by atoms with Gasteiger partial charge in [0.25, 0.3) is 0 Å². The predicted molar refractivity (Wildman–Crippen MR) is 114 cm³/mol. The van der Waals surface area contributed by atoms with E-state index in [0.29, 0.717) is 11.6 Å². The number of carbonyl (C=O) groups is 1. The van der Waals surface area contributed by atoms with Crippen molar-refractivity contribution in [1.29, 1.82) is 0 Å². The Morgan fingerprint density at radius 2 is 1.96 bits per heavy atom. The highest BCUT2D eigenvalue weighted by Crippen LogP contribution is 2.25. The van der Waals surface area contributed by atoms with Gasteiger partial charge in [0.15, 0.2) is 0 Å². The van der Waals surface area contributed by atoms with E-state index in [1.54, 1.807) is 13.4 Å². The van der Waals surface area contributed by atoms with Gasteiger partial charge in [0.1, 0.15) is 12.0 Å². The van der Waals surface area contributed by atoms with E-state index >= 15 is 0 Å². The van der Waals surface area contributed by atoms with E-state index in [9.17, 15) is 4.79 Å². The number of aryl methyl sites for hydroxylation is 2. The molecule has 0 aliphatic heterocycles. The van der Waals surface area contributed by atoms with E-state index in [0.717, 1.165) is 33.8 Å². The molecular weight excluding hydrogens is 372 g/mol. The fourth-order valence-electron chi connectivity index (χ4n) is 2.63. The molecule has 1 N–H and O–H groups in total. The van der Waals surface area contributed by atoms with Gasteiger partial charge < -0.3 is 14.5 Å². The molecule has 3 aromatic rings. The van der Waals surface area contributed by atoms with Gasteiger partial charge in [-0.05, 0) is 62.2 Å². The van der Waals surface area contributed by atoms with Crippen molar-refractivity contribution in [2.75, 3.05) is 12.4 Å². The molecule has 6 heteroatoms. The van der Waals surface area contributed by atoms with Crippen molar-refractivity contribution in [2.24, 2.45) is 0 Å². The Morgan fingerprint density at radius 1 is 1.21 bits per heavy atom. The number of nitrogens with one attached hydrogen (secondary N) is 1. The summed E-state index contributed by atoms with van der Waals surface area (Å²) in [5.74, 6) is 1.93. The molecule has 0 fully saturated rings. The van der Waals surface area contributed by atoms with Crippen LogP contribution in [0.5, 0.6) is 5.75 Å². The summed E-state index contributed by atoms with van der Waals surface area (Å²) in [5, 5.41) is 2.81. The molecule has 0 aliphatic carbocycles. The van der Waals surface area contributed by atoms with Crippen LogP contribution in [0.3, 0.4) is 0 Å². The minimum atomic E-state index is -0.207. The molecule has 5 nitrogen and oxygen atoms in total. The number of methoxy groups -OCH3 is 1. The van der Waals surface area contributed by atoms with Crippen LogP contribution in [0.25, 0.3) is 11.5 Å². The molecule has 28 heavy (non-hydrogen) atoms. The summed E-state index contributed by atoms with van der Waals surface area (Å²) >= 11 is 1.53. The molecule has 1 atom stereocenters. The number of amides is 1. The first-order valence-corrected chi connectivity index (χ1v) is 10.1. The van der Waals surface area contributed by atoms with E-state index in [1.165, 1.54) is 11.8 Å². The number of hydrogen-bond acceptors (Lipinski definition) is 5. The summed E-state index contributed by atoms with van der Waals surface area (Å²) in [5.41, 5.74) is 4.73. The fraction of sp³-hybridized carbons (Fsp3) is 0.273. The molecule has 0 aliphatic rings. The molecule has 0 unspecified atom stereocenters. The number of hydrogen-bond donors (Lipinski definition) is 1. The first-order valence-electron chi connectivity index (χ1n) is 9.05. The summed E-state index contributed by atoms with van der Waals surface area (Å²) in [4.78, 5) is 17.0. The molecular formula is C22H24N2O3S. The molecule has 0 radical (unpaired) electrons. The van der Waals surface area contributed by atoms with Gasteiger partial charge in [-0.25, -0.2) is 4.98 Å². The Labute approximate surface area is 169 Å². The zero-order valence-corrected chi connectivity index (χ0v) is 17.3. The third-order valence-corrected chi connectivity index (χ3v) is 5.57. The van der Waals surface area contributed by atoms with Gasteiger partial charge in [0, 0.05) is 17.0 Å². The van der Waals surface area contributed by atoms with E-state index in [4.69, 9.17) is 9.15 Å². The number of ether oxygens (including phenoxy) is 1. The van der Waals surface area contributed by atoms with Gasteiger partial charge in [-0.2, -0.15) is 0 Å². The fourth-order valence-corrected chi connectivity index (χ4v) is 3.39. The van der Waals surface area contributed by atoms with E-state index in [2.05, 4.69) is 10.3 Å². The maximum Gasteiger partial charge on any atom is 0.237 e. The minimum absolute atomic E-state index is 0.0161. The summed E-state index contributed by atoms with van der Waals surface area (Å²) in [6.45, 7) is 5.90. The first kappa shape index (κ1) is 20.0. The van der Waals surface area contributed by atoms with Crippen LogP contribution in [-0.2, 0) is 10.5 Å². The lowest BCUT2D eigenvalue weighted by Gasteiger charge is -2.13. The highest BCUT2D eigenvalue weighted by atomic mass is 32.2. The Balaban J connectivity index is 1.57. The molecule has 146 valence electrons. The zero-order valence-electron chi connectivity index (χ0n) is 16.5. The first-order chi connectivity index (χ1) is 13.5. The second-order valence-electron chi connectivity index (χ2n) is 6.63. The largest absolute Gasteiger partial charge is 0.497 e. The third-order valence-electron chi connectivity index (χ3n) is 4.39. The van der Waals surface area contributed by atoms with Crippen molar-refractivity contribution in [3.63, 3.8) is 0 Å². The summed E-state index contributed by atoms with van der Waals surface area (Å²) in [7, 11) is 1.63. The predicted octanol–water partition coefficient (Wildman–Crippen LogP) is 5.23. The minimum Gasteiger partial charge on any atom is -0.497 e. The van der Waals surface area contributed by atoms with Crippen LogP contribution in [0.2, 0.25) is 0 Å². The van der Waals surface area contributed by atoms with Crippen molar-refractivity contribution in [3.05, 3.63) is 65.5 Å². The quantitative estimate of drug-likeness (QED) is 0.593. The maximum atomic E-state index is 12.5. The number of aromatic nitrogens is 1. The Kier molecular flexibility index (Phi) is 6.41. The number of rotatable bonds is 7. The number of anilines is 1. The van der Waals surface area contributed by atoms with Gasteiger partial charge in [-0.3, -0.25) is 4.79 Å². The van der Waals surface area contributed by atoms with Crippen LogP contribution < -0.4 is 10.1 Å². The number of nitrogens with zero attached hydrogens (tertiary/aromatic N) is 1. The van der Waals surface area contributed by atoms with Gasteiger partial charge in [-0.1, -0.05) is 12.1 Å². The van der Waals surface area contributed by atoms with Crippen molar-refractivity contribution in [2.45, 2.75) is 31.8 Å². The van der Waals surface area contributed by atoms with Crippen LogP contribution in [0, 0.1) is 13.8 Å². The number of benzene rings is 2. The monoisotopic (exact) mass is 396 g/mol. The van der Waals surface area contributed by atoms with Gasteiger partial charge >= 0.3 is 0 Å². The van der Waals surface area contributed by atoms with Crippen LogP contribution in [0.4, 0.5) is 5.69 Å². The maximum absolute atomic E-state index is 12.5. The lowest BCUT2D eigenvalue weighted by Crippen LogP contribution is -2.23. The van der Waals surface area contributed by atoms with Crippen molar-refractivity contribution >= 4 is 23.4 Å². The summed E-state index contributed by atoms with van der Waals surface area (Å²) < 4.78 is 10.7. The Morgan fingerprint density at radius 3 is 2.68 bits per heavy atom. The second-order valence-corrected chi connectivity index (χ2v) is 7.96. The van der Waals surface area contributed by atoms with Crippen LogP contribution >= 0.6 is 11.8 Å². The SMILES string of the molecule is COc1ccc(-c2nc(CS[C@@H](C)C(=O)Nc3cc(C)ccc3C)co2)cc1. The molecule has 0 saturated carbocycles. The molecule has 1 amide bonds. The van der Waals surface area contributed by atoms with E-state index in [-0.39, 0.29) is 11.2 Å². The smallest absolute Gasteiger partial charge is 0.237 e. The average Bonchev–Trinajstić information content (AvgIpc) is 3.18. The lowest BCUT2D eigenvalue weighted by molar-refractivity contribution is -0.115. The zero-order chi connectivity index (χ0) is 20.1. The average molecular weight is 397 g/mol. The van der Waals surface area contributed by atoms with Crippen LogP contribution in [-0.4, -0.2) is 23.3 Å². The third kappa shape index (κ3) is 4.95. The summed E-state index contributed by atoms with van der Waals surface area (Å²) in [6, 6.07) is 13.6. The Bertz CT molecular complexity index is 951. The number of carbonyl (C=O) groups excluding carboxylic acids is 1. The van der Waals surface area contributed by atoms with Gasteiger partial charge in [0.2, 0.25) is 11.8 Å². The molecule has 0 spiro atoms. The number of thioether (sulfide) groups is 1. The highest BCUT2D eigenvalue weighted by molar-refractivity contribution is 7.99. The molecule has 0 saturated heterocycles. The van der Waals surface area contributed by atoms with Crippen LogP contribution in [0.15, 0.2) is 53.1 Å². The summed E-state index contributed by atoms with van der Waals surface area (Å²) in [6.07, 6.45) is 1.64. The van der Waals surface area contributed by atoms with Crippen molar-refractivity contribution in [3.8, 4) is 17.2 Å². The van der Waals surface area contributed by atoms with Crippen molar-refractivity contribution in [1.82, 2.24) is 4.98 Å². The second kappa shape index (κ2) is 8.97. The number of oxazole rings is 1. The van der Waals surface area contributed by atoms with E-state index < -0.39 is 0 Å². The van der Waals surface area contributed by atoms with E-state index in [1.807, 2.05) is 63.2 Å².